The highest BCUT2D eigenvalue weighted by Gasteiger charge is 2.10. The second-order valence-corrected chi connectivity index (χ2v) is 5.68. The average molecular weight is 276 g/mol. The Kier molecular flexibility index (Phi) is 12.1. The van der Waals surface area contributed by atoms with Crippen molar-refractivity contribution >= 4 is 28.9 Å². The van der Waals surface area contributed by atoms with Gasteiger partial charge in [-0.2, -0.15) is 0 Å². The topological polar surface area (TPSA) is 26.3 Å². The minimum absolute atomic E-state index is 0. The number of ether oxygens (including phenoxy) is 1. The molecule has 1 heterocycles. The van der Waals surface area contributed by atoms with Crippen molar-refractivity contribution in [3.05, 3.63) is 17.5 Å². The summed E-state index contributed by atoms with van der Waals surface area (Å²) in [6, 6.07) is 4.17. The molecular formula is C13H24O2S2. The molecule has 100 valence electrons. The van der Waals surface area contributed by atoms with Crippen molar-refractivity contribution in [1.82, 2.24) is 0 Å². The van der Waals surface area contributed by atoms with Gasteiger partial charge in [-0.25, -0.2) is 0 Å². The van der Waals surface area contributed by atoms with Crippen molar-refractivity contribution in [2.45, 2.75) is 44.9 Å². The van der Waals surface area contributed by atoms with Crippen LogP contribution in [-0.2, 0) is 9.53 Å². The van der Waals surface area contributed by atoms with E-state index in [4.69, 9.17) is 4.74 Å². The first-order valence-electron chi connectivity index (χ1n) is 4.91. The molecule has 1 aromatic rings. The molecule has 0 aromatic carbocycles. The zero-order valence-electron chi connectivity index (χ0n) is 9.06. The van der Waals surface area contributed by atoms with Crippen LogP contribution in [-0.4, -0.2) is 24.7 Å². The summed E-state index contributed by atoms with van der Waals surface area (Å²) in [5, 5.41) is 2.08. The molecule has 17 heavy (non-hydrogen) atoms. The largest absolute Gasteiger partial charge is 0.381 e. The zero-order chi connectivity index (χ0) is 11.1. The molecule has 0 aliphatic carbocycles. The minimum atomic E-state index is 0. The predicted octanol–water partition coefficient (Wildman–Crippen LogP) is 4.50. The van der Waals surface area contributed by atoms with Crippen LogP contribution in [0.25, 0.3) is 0 Å². The molecule has 1 aromatic heterocycles. The summed E-state index contributed by atoms with van der Waals surface area (Å²) in [7, 11) is 1.67. The van der Waals surface area contributed by atoms with E-state index in [1.54, 1.807) is 25.4 Å². The summed E-state index contributed by atoms with van der Waals surface area (Å²) in [4.78, 5) is 10.9. The molecule has 2 nitrogen and oxygen atoms in total. The van der Waals surface area contributed by atoms with Gasteiger partial charge in [0, 0.05) is 19.3 Å². The third kappa shape index (κ3) is 8.41. The van der Waals surface area contributed by atoms with E-state index < -0.39 is 0 Å². The highest BCUT2D eigenvalue weighted by atomic mass is 32.2. The lowest BCUT2D eigenvalue weighted by Gasteiger charge is -2.12. The van der Waals surface area contributed by atoms with Gasteiger partial charge in [-0.3, -0.25) is 4.79 Å². The Morgan fingerprint density at radius 3 is 2.71 bits per heavy atom. The van der Waals surface area contributed by atoms with Crippen molar-refractivity contribution in [2.75, 3.05) is 12.9 Å². The smallest absolute Gasteiger partial charge is 0.132 e. The number of rotatable bonds is 7. The van der Waals surface area contributed by atoms with E-state index in [1.165, 1.54) is 4.21 Å². The van der Waals surface area contributed by atoms with Gasteiger partial charge in [0.25, 0.3) is 0 Å². The first kappa shape index (κ1) is 19.0. The molecule has 0 N–H and O–H groups in total. The summed E-state index contributed by atoms with van der Waals surface area (Å²) in [5.41, 5.74) is 0. The molecule has 1 atom stereocenters. The lowest BCUT2D eigenvalue weighted by atomic mass is 10.1. The fourth-order valence-corrected chi connectivity index (χ4v) is 3.15. The fourth-order valence-electron chi connectivity index (χ4n) is 1.26. The first-order chi connectivity index (χ1) is 7.22. The Labute approximate surface area is 114 Å². The molecule has 0 bridgehead atoms. The lowest BCUT2D eigenvalue weighted by molar-refractivity contribution is -0.119. The Morgan fingerprint density at radius 2 is 2.24 bits per heavy atom. The van der Waals surface area contributed by atoms with Gasteiger partial charge >= 0.3 is 0 Å². The van der Waals surface area contributed by atoms with Crippen LogP contribution in [0.5, 0.6) is 0 Å². The number of thiophene rings is 1. The van der Waals surface area contributed by atoms with Gasteiger partial charge in [0.05, 0.1) is 10.3 Å². The van der Waals surface area contributed by atoms with Crippen molar-refractivity contribution in [3.8, 4) is 0 Å². The molecule has 0 aliphatic rings. The highest BCUT2D eigenvalue weighted by Crippen LogP contribution is 2.24. The number of carbonyl (C=O) groups is 1. The average Bonchev–Trinajstić information content (AvgIpc) is 2.68. The molecule has 4 heteroatoms. The summed E-state index contributed by atoms with van der Waals surface area (Å²) < 4.78 is 6.58. The van der Waals surface area contributed by atoms with Gasteiger partial charge in [0.15, 0.2) is 0 Å². The third-order valence-corrected chi connectivity index (χ3v) is 4.19. The van der Waals surface area contributed by atoms with Gasteiger partial charge in [0.2, 0.25) is 0 Å². The molecule has 0 fully saturated rings. The number of Topliss-reactive ketones (excluding diaryl/α,β-unsaturated/α-hetero) is 1. The Hall–Kier alpha value is -0.320. The standard InChI is InChI=1S/C11H16O2S2.2CH4/c1-9(12)8-10(13-2)5-7-15-11-4-3-6-14-11;;/h3-4,6,10H,5,7-8H2,1-2H3;2*1H4. The third-order valence-electron chi connectivity index (χ3n) is 2.03. The zero-order valence-corrected chi connectivity index (χ0v) is 10.7. The summed E-state index contributed by atoms with van der Waals surface area (Å²) in [6.45, 7) is 1.61. The van der Waals surface area contributed by atoms with Crippen LogP contribution in [0.2, 0.25) is 0 Å². The van der Waals surface area contributed by atoms with Gasteiger partial charge < -0.3 is 4.74 Å². The molecule has 0 aliphatic heterocycles. The monoisotopic (exact) mass is 276 g/mol. The van der Waals surface area contributed by atoms with Crippen molar-refractivity contribution in [2.24, 2.45) is 0 Å². The minimum Gasteiger partial charge on any atom is -0.381 e. The molecule has 1 unspecified atom stereocenters. The molecule has 0 saturated heterocycles. The first-order valence-corrected chi connectivity index (χ1v) is 6.77. The quantitative estimate of drug-likeness (QED) is 0.686. The van der Waals surface area contributed by atoms with Crippen LogP contribution >= 0.6 is 23.1 Å². The van der Waals surface area contributed by atoms with Gasteiger partial charge in [-0.1, -0.05) is 20.9 Å². The summed E-state index contributed by atoms with van der Waals surface area (Å²) in [6.07, 6.45) is 1.54. The highest BCUT2D eigenvalue weighted by molar-refractivity contribution is 8.01. The molecule has 1 rings (SSSR count). The number of thioether (sulfide) groups is 1. The summed E-state index contributed by atoms with van der Waals surface area (Å²) >= 11 is 3.58. The molecular weight excluding hydrogens is 252 g/mol. The van der Waals surface area contributed by atoms with Gasteiger partial charge in [-0.15, -0.1) is 23.1 Å². The van der Waals surface area contributed by atoms with Gasteiger partial charge in [-0.05, 0) is 24.8 Å². The van der Waals surface area contributed by atoms with Crippen LogP contribution in [0.3, 0.4) is 0 Å². The van der Waals surface area contributed by atoms with Crippen LogP contribution in [0.4, 0.5) is 0 Å². The molecule has 0 radical (unpaired) electrons. The van der Waals surface area contributed by atoms with Gasteiger partial charge in [0.1, 0.15) is 5.78 Å². The molecule has 0 spiro atoms. The number of carbonyl (C=O) groups excluding carboxylic acids is 1. The van der Waals surface area contributed by atoms with E-state index in [-0.39, 0.29) is 26.7 Å². The molecule has 0 saturated carbocycles. The lowest BCUT2D eigenvalue weighted by Crippen LogP contribution is -2.15. The molecule has 0 amide bonds. The SMILES string of the molecule is C.C.COC(CCSc1cccs1)CC(C)=O. The second-order valence-electron chi connectivity index (χ2n) is 3.33. The number of methoxy groups -OCH3 is 1. The number of hydrogen-bond donors (Lipinski definition) is 0. The van der Waals surface area contributed by atoms with E-state index in [1.807, 2.05) is 11.8 Å². The summed E-state index contributed by atoms with van der Waals surface area (Å²) in [5.74, 6) is 1.20. The normalized spacial score (nSPS) is 11.2. The van der Waals surface area contributed by atoms with E-state index in [2.05, 4.69) is 17.5 Å². The fraction of sp³-hybridized carbons (Fsp3) is 0.615. The second kappa shape index (κ2) is 10.8. The van der Waals surface area contributed by atoms with Crippen molar-refractivity contribution in [3.63, 3.8) is 0 Å². The van der Waals surface area contributed by atoms with E-state index in [0.717, 1.165) is 12.2 Å². The van der Waals surface area contributed by atoms with Crippen molar-refractivity contribution < 1.29 is 9.53 Å². The maximum Gasteiger partial charge on any atom is 0.132 e. The van der Waals surface area contributed by atoms with Crippen molar-refractivity contribution in [1.29, 1.82) is 0 Å². The van der Waals surface area contributed by atoms with Crippen LogP contribution < -0.4 is 0 Å². The van der Waals surface area contributed by atoms with Crippen LogP contribution in [0.15, 0.2) is 21.7 Å². The van der Waals surface area contributed by atoms with Crippen LogP contribution in [0.1, 0.15) is 34.6 Å². The number of ketones is 1. The predicted molar refractivity (Wildman–Crippen MR) is 79.2 cm³/mol. The van der Waals surface area contributed by atoms with E-state index >= 15 is 0 Å². The Balaban J connectivity index is 0. The Bertz CT molecular complexity index is 284. The maximum absolute atomic E-state index is 10.9. The van der Waals surface area contributed by atoms with Crippen LogP contribution in [0, 0.1) is 0 Å². The van der Waals surface area contributed by atoms with E-state index in [9.17, 15) is 4.79 Å². The van der Waals surface area contributed by atoms with E-state index in [0.29, 0.717) is 6.42 Å². The number of hydrogen-bond acceptors (Lipinski definition) is 4. The maximum atomic E-state index is 10.9. The Morgan fingerprint density at radius 1 is 1.53 bits per heavy atom.